The molecule has 0 aromatic carbocycles. The highest BCUT2D eigenvalue weighted by atomic mass is 32.1. The molecule has 0 spiro atoms. The van der Waals surface area contributed by atoms with Gasteiger partial charge in [0.15, 0.2) is 0 Å². The van der Waals surface area contributed by atoms with Crippen LogP contribution in [0.4, 0.5) is 0 Å². The molecule has 0 aliphatic rings. The summed E-state index contributed by atoms with van der Waals surface area (Å²) in [6.45, 7) is 0. The highest BCUT2D eigenvalue weighted by Gasteiger charge is 2.06. The zero-order chi connectivity index (χ0) is 9.38. The van der Waals surface area contributed by atoms with Crippen molar-refractivity contribution in [3.8, 4) is 10.7 Å². The number of aromatic nitrogens is 3. The highest BCUT2D eigenvalue weighted by molar-refractivity contribution is 7.21. The maximum Gasteiger partial charge on any atom is 0.144 e. The Balaban J connectivity index is 2.19. The minimum atomic E-state index is 0.933. The van der Waals surface area contributed by atoms with Crippen molar-refractivity contribution in [3.05, 3.63) is 36.7 Å². The van der Waals surface area contributed by atoms with Gasteiger partial charge in [-0.3, -0.25) is 4.98 Å². The molecule has 0 atom stereocenters. The van der Waals surface area contributed by atoms with Crippen LogP contribution in [0.2, 0.25) is 0 Å². The monoisotopic (exact) mass is 201 g/mol. The summed E-state index contributed by atoms with van der Waals surface area (Å²) in [5.41, 5.74) is 1.94. The Hall–Kier alpha value is -1.68. The van der Waals surface area contributed by atoms with Crippen molar-refractivity contribution in [3.63, 3.8) is 0 Å². The highest BCUT2D eigenvalue weighted by Crippen LogP contribution is 2.27. The van der Waals surface area contributed by atoms with E-state index in [1.165, 1.54) is 0 Å². The van der Waals surface area contributed by atoms with Crippen molar-refractivity contribution < 1.29 is 0 Å². The van der Waals surface area contributed by atoms with Crippen molar-refractivity contribution in [2.24, 2.45) is 0 Å². The molecular formula is C10H7N3S. The van der Waals surface area contributed by atoms with Crippen LogP contribution in [-0.2, 0) is 0 Å². The van der Waals surface area contributed by atoms with E-state index in [1.54, 1.807) is 17.5 Å². The van der Waals surface area contributed by atoms with Crippen molar-refractivity contribution in [1.29, 1.82) is 0 Å². The fourth-order valence-electron chi connectivity index (χ4n) is 1.34. The molecule has 0 amide bonds. The van der Waals surface area contributed by atoms with E-state index in [9.17, 15) is 0 Å². The number of pyridine rings is 1. The Morgan fingerprint density at radius 1 is 1.21 bits per heavy atom. The van der Waals surface area contributed by atoms with Gasteiger partial charge in [-0.1, -0.05) is 17.4 Å². The average molecular weight is 201 g/mol. The van der Waals surface area contributed by atoms with E-state index in [-0.39, 0.29) is 0 Å². The van der Waals surface area contributed by atoms with Crippen LogP contribution in [0.1, 0.15) is 0 Å². The topological polar surface area (TPSA) is 41.6 Å². The van der Waals surface area contributed by atoms with Crippen LogP contribution < -0.4 is 0 Å². The fraction of sp³-hybridized carbons (Fsp3) is 0. The molecule has 3 rings (SSSR count). The molecule has 3 aromatic rings. The number of thiazole rings is 1. The third-order valence-corrected chi connectivity index (χ3v) is 3.02. The molecule has 68 valence electrons. The van der Waals surface area contributed by atoms with Gasteiger partial charge in [0.2, 0.25) is 0 Å². The quantitative estimate of drug-likeness (QED) is 0.657. The van der Waals surface area contributed by atoms with E-state index in [4.69, 9.17) is 0 Å². The lowest BCUT2D eigenvalue weighted by Gasteiger charge is -1.91. The largest absolute Gasteiger partial charge is 0.352 e. The molecule has 14 heavy (non-hydrogen) atoms. The summed E-state index contributed by atoms with van der Waals surface area (Å²) in [5, 5.41) is 0.965. The Morgan fingerprint density at radius 2 is 2.21 bits per heavy atom. The number of fused-ring (bicyclic) bond motifs is 1. The SMILES string of the molecule is c1ccc(-c2nc3cc[nH]c3s2)nc1. The number of nitrogens with zero attached hydrogens (tertiary/aromatic N) is 2. The Kier molecular flexibility index (Phi) is 1.61. The van der Waals surface area contributed by atoms with Crippen LogP contribution in [0.15, 0.2) is 36.7 Å². The van der Waals surface area contributed by atoms with E-state index in [0.717, 1.165) is 21.0 Å². The van der Waals surface area contributed by atoms with Gasteiger partial charge >= 0.3 is 0 Å². The Morgan fingerprint density at radius 3 is 3.00 bits per heavy atom. The van der Waals surface area contributed by atoms with Crippen molar-refractivity contribution in [2.75, 3.05) is 0 Å². The standard InChI is InChI=1S/C10H7N3S/c1-2-5-11-7(3-1)10-13-8-4-6-12-9(8)14-10/h1-6,12H. The van der Waals surface area contributed by atoms with Crippen molar-refractivity contribution in [1.82, 2.24) is 15.0 Å². The minimum Gasteiger partial charge on any atom is -0.352 e. The molecule has 4 heteroatoms. The van der Waals surface area contributed by atoms with Crippen LogP contribution in [-0.4, -0.2) is 15.0 Å². The first-order valence-electron chi connectivity index (χ1n) is 4.29. The number of aromatic amines is 1. The first-order valence-corrected chi connectivity index (χ1v) is 5.10. The predicted octanol–water partition coefficient (Wildman–Crippen LogP) is 2.69. The molecule has 0 radical (unpaired) electrons. The van der Waals surface area contributed by atoms with E-state index >= 15 is 0 Å². The zero-order valence-corrected chi connectivity index (χ0v) is 8.08. The molecular weight excluding hydrogens is 194 g/mol. The van der Waals surface area contributed by atoms with E-state index < -0.39 is 0 Å². The van der Waals surface area contributed by atoms with E-state index in [1.807, 2.05) is 30.5 Å². The van der Waals surface area contributed by atoms with Gasteiger partial charge in [-0.15, -0.1) is 0 Å². The number of hydrogen-bond donors (Lipinski definition) is 1. The molecule has 0 bridgehead atoms. The first kappa shape index (κ1) is 7.70. The van der Waals surface area contributed by atoms with Gasteiger partial charge in [0, 0.05) is 12.4 Å². The fourth-order valence-corrected chi connectivity index (χ4v) is 2.25. The van der Waals surface area contributed by atoms with Gasteiger partial charge in [0.05, 0.1) is 5.69 Å². The maximum atomic E-state index is 4.47. The molecule has 3 nitrogen and oxygen atoms in total. The molecule has 0 saturated heterocycles. The van der Waals surface area contributed by atoms with Gasteiger partial charge in [0.25, 0.3) is 0 Å². The molecule has 0 aliphatic carbocycles. The number of hydrogen-bond acceptors (Lipinski definition) is 3. The lowest BCUT2D eigenvalue weighted by atomic mass is 10.4. The van der Waals surface area contributed by atoms with Crippen LogP contribution in [0.3, 0.4) is 0 Å². The first-order chi connectivity index (χ1) is 6.93. The summed E-state index contributed by atoms with van der Waals surface area (Å²) >= 11 is 1.63. The maximum absolute atomic E-state index is 4.47. The van der Waals surface area contributed by atoms with E-state index in [0.29, 0.717) is 0 Å². The number of nitrogens with one attached hydrogen (secondary N) is 1. The average Bonchev–Trinajstić information content (AvgIpc) is 2.78. The molecule has 0 unspecified atom stereocenters. The Bertz CT molecular complexity index is 524. The van der Waals surface area contributed by atoms with Gasteiger partial charge in [-0.2, -0.15) is 0 Å². The molecule has 0 aliphatic heterocycles. The van der Waals surface area contributed by atoms with Crippen LogP contribution in [0, 0.1) is 0 Å². The number of H-pyrrole nitrogens is 1. The van der Waals surface area contributed by atoms with Gasteiger partial charge in [0.1, 0.15) is 15.4 Å². The molecule has 1 N–H and O–H groups in total. The summed E-state index contributed by atoms with van der Waals surface area (Å²) in [7, 11) is 0. The van der Waals surface area contributed by atoms with Crippen LogP contribution in [0.5, 0.6) is 0 Å². The van der Waals surface area contributed by atoms with Crippen LogP contribution >= 0.6 is 11.3 Å². The second kappa shape index (κ2) is 2.92. The smallest absolute Gasteiger partial charge is 0.144 e. The summed E-state index contributed by atoms with van der Waals surface area (Å²) in [5.74, 6) is 0. The van der Waals surface area contributed by atoms with Gasteiger partial charge < -0.3 is 4.98 Å². The zero-order valence-electron chi connectivity index (χ0n) is 7.27. The molecule has 0 fully saturated rings. The molecule has 0 saturated carbocycles. The normalized spacial score (nSPS) is 10.9. The third-order valence-electron chi connectivity index (χ3n) is 1.99. The summed E-state index contributed by atoms with van der Waals surface area (Å²) in [4.78, 5) is 13.0. The van der Waals surface area contributed by atoms with Crippen LogP contribution in [0.25, 0.3) is 21.0 Å². The van der Waals surface area contributed by atoms with E-state index in [2.05, 4.69) is 15.0 Å². The Labute approximate surface area is 84.5 Å². The van der Waals surface area contributed by atoms with Gasteiger partial charge in [-0.25, -0.2) is 4.98 Å². The lowest BCUT2D eigenvalue weighted by Crippen LogP contribution is -1.78. The summed E-state index contributed by atoms with van der Waals surface area (Å²) in [6.07, 6.45) is 3.68. The molecule has 3 aromatic heterocycles. The third kappa shape index (κ3) is 1.12. The second-order valence-electron chi connectivity index (χ2n) is 2.93. The minimum absolute atomic E-state index is 0.933. The van der Waals surface area contributed by atoms with Crippen molar-refractivity contribution >= 4 is 21.7 Å². The summed E-state index contributed by atoms with van der Waals surface area (Å²) in [6, 6.07) is 7.82. The second-order valence-corrected chi connectivity index (χ2v) is 3.93. The summed E-state index contributed by atoms with van der Waals surface area (Å²) < 4.78 is 0. The van der Waals surface area contributed by atoms with Crippen molar-refractivity contribution in [2.45, 2.75) is 0 Å². The number of rotatable bonds is 1. The predicted molar refractivity (Wildman–Crippen MR) is 57.2 cm³/mol. The molecule has 3 heterocycles. The van der Waals surface area contributed by atoms with Gasteiger partial charge in [-0.05, 0) is 18.2 Å². The lowest BCUT2D eigenvalue weighted by molar-refractivity contribution is 1.31.